The van der Waals surface area contributed by atoms with Crippen LogP contribution < -0.4 is 0 Å². The van der Waals surface area contributed by atoms with E-state index in [4.69, 9.17) is 4.74 Å². The van der Waals surface area contributed by atoms with Crippen LogP contribution in [-0.2, 0) is 22.4 Å². The number of nitrogens with zero attached hydrogens (tertiary/aromatic N) is 2. The van der Waals surface area contributed by atoms with Crippen molar-refractivity contribution >= 4 is 11.9 Å². The molecule has 1 aliphatic carbocycles. The molecule has 1 fully saturated rings. The van der Waals surface area contributed by atoms with Crippen molar-refractivity contribution in [1.29, 1.82) is 0 Å². The first-order chi connectivity index (χ1) is 10.6. The molecule has 1 N–H and O–H groups in total. The Bertz CT molecular complexity index is 571. The molecule has 6 nitrogen and oxygen atoms in total. The van der Waals surface area contributed by atoms with E-state index in [0.29, 0.717) is 5.69 Å². The Morgan fingerprint density at radius 3 is 2.68 bits per heavy atom. The topological polar surface area (TPSA) is 75.3 Å². The van der Waals surface area contributed by atoms with Crippen molar-refractivity contribution in [2.45, 2.75) is 64.5 Å². The maximum atomic E-state index is 12.3. The second kappa shape index (κ2) is 6.10. The number of hydrogen-bond acceptors (Lipinski definition) is 4. The Morgan fingerprint density at radius 1 is 1.23 bits per heavy atom. The summed E-state index contributed by atoms with van der Waals surface area (Å²) in [5.74, 6) is -0.606. The molecule has 1 aromatic heterocycles. The van der Waals surface area contributed by atoms with Gasteiger partial charge in [-0.25, -0.2) is 4.79 Å². The summed E-state index contributed by atoms with van der Waals surface area (Å²) in [5, 5.41) is 6.92. The number of carbonyl (C=O) groups is 2. The molecule has 2 unspecified atom stereocenters. The van der Waals surface area contributed by atoms with Gasteiger partial charge in [-0.15, -0.1) is 0 Å². The first-order valence-electron chi connectivity index (χ1n) is 8.12. The second-order valence-corrected chi connectivity index (χ2v) is 6.39. The Labute approximate surface area is 130 Å². The predicted octanol–water partition coefficient (Wildman–Crippen LogP) is 1.84. The summed E-state index contributed by atoms with van der Waals surface area (Å²) in [4.78, 5) is 26.3. The van der Waals surface area contributed by atoms with Crippen molar-refractivity contribution in [3.8, 4) is 0 Å². The number of fused-ring (bicyclic) bond motifs is 1. The van der Waals surface area contributed by atoms with Crippen LogP contribution in [0.15, 0.2) is 0 Å². The molecule has 22 heavy (non-hydrogen) atoms. The third kappa shape index (κ3) is 2.74. The lowest BCUT2D eigenvalue weighted by Gasteiger charge is -2.38. The molecular weight excluding hydrogens is 282 g/mol. The van der Waals surface area contributed by atoms with Crippen LogP contribution >= 0.6 is 0 Å². The van der Waals surface area contributed by atoms with E-state index < -0.39 is 5.97 Å². The lowest BCUT2D eigenvalue weighted by atomic mass is 9.97. The van der Waals surface area contributed by atoms with Crippen LogP contribution in [0.3, 0.4) is 0 Å². The third-order valence-electron chi connectivity index (χ3n) is 4.81. The van der Waals surface area contributed by atoms with Crippen LogP contribution in [0.5, 0.6) is 0 Å². The summed E-state index contributed by atoms with van der Waals surface area (Å²) in [5.41, 5.74) is 2.33. The number of carbonyl (C=O) groups excluding carboxylic acids is 2. The van der Waals surface area contributed by atoms with Crippen LogP contribution in [0.2, 0.25) is 0 Å². The molecule has 0 radical (unpaired) electrons. The van der Waals surface area contributed by atoms with Crippen molar-refractivity contribution in [1.82, 2.24) is 15.1 Å². The number of aromatic amines is 1. The zero-order valence-electron chi connectivity index (χ0n) is 13.2. The molecule has 0 saturated carbocycles. The minimum atomic E-state index is -0.495. The highest BCUT2D eigenvalue weighted by Gasteiger charge is 2.30. The summed E-state index contributed by atoms with van der Waals surface area (Å²) < 4.78 is 5.21. The molecule has 2 heterocycles. The third-order valence-corrected chi connectivity index (χ3v) is 4.81. The van der Waals surface area contributed by atoms with Crippen molar-refractivity contribution in [3.63, 3.8) is 0 Å². The number of H-pyrrole nitrogens is 1. The Morgan fingerprint density at radius 2 is 1.95 bits per heavy atom. The number of likely N-dealkylation sites (tertiary alicyclic amines) is 1. The normalized spacial score (nSPS) is 24.2. The highest BCUT2D eigenvalue weighted by Crippen LogP contribution is 2.24. The smallest absolute Gasteiger partial charge is 0.359 e. The van der Waals surface area contributed by atoms with Crippen molar-refractivity contribution in [2.75, 3.05) is 6.61 Å². The van der Waals surface area contributed by atoms with Gasteiger partial charge < -0.3 is 9.64 Å². The van der Waals surface area contributed by atoms with Crippen LogP contribution in [0.1, 0.15) is 61.3 Å². The Balaban J connectivity index is 1.59. The Hall–Kier alpha value is -1.85. The number of nitrogens with one attached hydrogen (secondary N) is 1. The lowest BCUT2D eigenvalue weighted by Crippen LogP contribution is -2.49. The van der Waals surface area contributed by atoms with Crippen LogP contribution in [-0.4, -0.2) is 45.7 Å². The zero-order valence-corrected chi connectivity index (χ0v) is 13.2. The van der Waals surface area contributed by atoms with Gasteiger partial charge in [0, 0.05) is 23.3 Å². The number of hydrogen-bond donors (Lipinski definition) is 1. The van der Waals surface area contributed by atoms with Gasteiger partial charge in [-0.2, -0.15) is 5.10 Å². The van der Waals surface area contributed by atoms with E-state index in [9.17, 15) is 9.59 Å². The van der Waals surface area contributed by atoms with Gasteiger partial charge in [-0.1, -0.05) is 0 Å². The van der Waals surface area contributed by atoms with Crippen molar-refractivity contribution in [2.24, 2.45) is 0 Å². The van der Waals surface area contributed by atoms with Gasteiger partial charge in [-0.05, 0) is 52.4 Å². The fourth-order valence-electron chi connectivity index (χ4n) is 3.67. The summed E-state index contributed by atoms with van der Waals surface area (Å²) >= 11 is 0. The largest absolute Gasteiger partial charge is 0.451 e. The van der Waals surface area contributed by atoms with Gasteiger partial charge >= 0.3 is 5.97 Å². The minimum Gasteiger partial charge on any atom is -0.451 e. The van der Waals surface area contributed by atoms with Gasteiger partial charge in [0.1, 0.15) is 0 Å². The van der Waals surface area contributed by atoms with Gasteiger partial charge in [0.25, 0.3) is 5.91 Å². The highest BCUT2D eigenvalue weighted by atomic mass is 16.5. The SMILES string of the molecule is CC1CCCC(C)N1C(=O)COC(=O)c1n[nH]c2c1CCC2. The van der Waals surface area contributed by atoms with Gasteiger partial charge in [0.15, 0.2) is 12.3 Å². The minimum absolute atomic E-state index is 0.111. The maximum Gasteiger partial charge on any atom is 0.359 e. The monoisotopic (exact) mass is 305 g/mol. The molecule has 2 aliphatic rings. The number of amides is 1. The molecule has 1 saturated heterocycles. The van der Waals surface area contributed by atoms with Gasteiger partial charge in [-0.3, -0.25) is 9.89 Å². The first kappa shape index (κ1) is 15.1. The van der Waals surface area contributed by atoms with E-state index in [1.54, 1.807) is 0 Å². The van der Waals surface area contributed by atoms with E-state index in [2.05, 4.69) is 24.0 Å². The van der Waals surface area contributed by atoms with E-state index in [1.165, 1.54) is 0 Å². The number of esters is 1. The number of piperidine rings is 1. The predicted molar refractivity (Wildman–Crippen MR) is 80.5 cm³/mol. The summed E-state index contributed by atoms with van der Waals surface area (Å²) in [6.45, 7) is 3.90. The molecule has 0 bridgehead atoms. The molecule has 1 aromatic rings. The molecular formula is C16H23N3O3. The quantitative estimate of drug-likeness (QED) is 0.865. The second-order valence-electron chi connectivity index (χ2n) is 6.39. The van der Waals surface area contributed by atoms with E-state index in [0.717, 1.165) is 49.8 Å². The summed E-state index contributed by atoms with van der Waals surface area (Å²) in [6.07, 6.45) is 5.98. The van der Waals surface area contributed by atoms with Crippen molar-refractivity contribution in [3.05, 3.63) is 17.0 Å². The molecule has 0 spiro atoms. The van der Waals surface area contributed by atoms with Gasteiger partial charge in [0.2, 0.25) is 0 Å². The maximum absolute atomic E-state index is 12.3. The highest BCUT2D eigenvalue weighted by molar-refractivity contribution is 5.91. The molecule has 6 heteroatoms. The van der Waals surface area contributed by atoms with Crippen LogP contribution in [0.25, 0.3) is 0 Å². The number of aromatic nitrogens is 2. The fraction of sp³-hybridized carbons (Fsp3) is 0.688. The fourth-order valence-corrected chi connectivity index (χ4v) is 3.67. The molecule has 1 aliphatic heterocycles. The first-order valence-corrected chi connectivity index (χ1v) is 8.12. The molecule has 120 valence electrons. The average Bonchev–Trinajstić information content (AvgIpc) is 3.07. The van der Waals surface area contributed by atoms with Crippen LogP contribution in [0, 0.1) is 0 Å². The number of ether oxygens (including phenoxy) is 1. The van der Waals surface area contributed by atoms with E-state index >= 15 is 0 Å². The standard InChI is InChI=1S/C16H23N3O3/c1-10-5-3-6-11(2)19(10)14(20)9-22-16(21)15-12-7-4-8-13(12)17-18-15/h10-11H,3-9H2,1-2H3,(H,17,18). The number of rotatable bonds is 3. The zero-order chi connectivity index (χ0) is 15.7. The van der Waals surface area contributed by atoms with E-state index in [1.807, 2.05) is 4.90 Å². The molecule has 3 rings (SSSR count). The number of aryl methyl sites for hydroxylation is 1. The van der Waals surface area contributed by atoms with Crippen LogP contribution in [0.4, 0.5) is 0 Å². The Kier molecular flexibility index (Phi) is 4.18. The van der Waals surface area contributed by atoms with E-state index in [-0.39, 0.29) is 24.6 Å². The average molecular weight is 305 g/mol. The lowest BCUT2D eigenvalue weighted by molar-refractivity contribution is -0.140. The van der Waals surface area contributed by atoms with Crippen molar-refractivity contribution < 1.29 is 14.3 Å². The van der Waals surface area contributed by atoms with Gasteiger partial charge in [0.05, 0.1) is 0 Å². The summed E-state index contributed by atoms with van der Waals surface area (Å²) in [7, 11) is 0. The molecule has 2 atom stereocenters. The molecule has 0 aromatic carbocycles. The summed E-state index contributed by atoms with van der Waals surface area (Å²) in [6, 6.07) is 0.425. The molecule has 1 amide bonds.